The monoisotopic (exact) mass is 276 g/mol. The zero-order chi connectivity index (χ0) is 14.7. The van der Waals surface area contributed by atoms with Crippen LogP contribution in [0.5, 0.6) is 0 Å². The zero-order valence-corrected chi connectivity index (χ0v) is 11.7. The molecule has 5 nitrogen and oxygen atoms in total. The lowest BCUT2D eigenvalue weighted by atomic mass is 10.1. The van der Waals surface area contributed by atoms with Crippen molar-refractivity contribution in [2.24, 2.45) is 0 Å². The molecule has 2 N–H and O–H groups in total. The van der Waals surface area contributed by atoms with E-state index in [1.165, 1.54) is 10.5 Å². The van der Waals surface area contributed by atoms with Crippen LogP contribution in [0.1, 0.15) is 31.7 Å². The first-order valence-corrected chi connectivity index (χ1v) is 6.83. The Morgan fingerprint density at radius 1 is 1.35 bits per heavy atom. The number of nitrogens with one attached hydrogen (secondary N) is 1. The Hall–Kier alpha value is -2.04. The van der Waals surface area contributed by atoms with E-state index < -0.39 is 5.97 Å². The fourth-order valence-corrected chi connectivity index (χ4v) is 2.30. The minimum atomic E-state index is -0.996. The first kappa shape index (κ1) is 14.4. The highest BCUT2D eigenvalue weighted by atomic mass is 16.4. The lowest BCUT2D eigenvalue weighted by Crippen LogP contribution is -2.47. The van der Waals surface area contributed by atoms with E-state index in [9.17, 15) is 9.59 Å². The maximum atomic E-state index is 12.1. The summed E-state index contributed by atoms with van der Waals surface area (Å²) in [6.07, 6.45) is 0.911. The molecule has 0 bridgehead atoms. The number of nitrogens with zero attached hydrogens (tertiary/aromatic N) is 1. The lowest BCUT2D eigenvalue weighted by molar-refractivity contribution is -0.138. The highest BCUT2D eigenvalue weighted by Gasteiger charge is 2.40. The first-order chi connectivity index (χ1) is 9.49. The molecule has 1 saturated carbocycles. The van der Waals surface area contributed by atoms with Gasteiger partial charge >= 0.3 is 12.0 Å². The molecule has 1 aromatic rings. The van der Waals surface area contributed by atoms with Crippen LogP contribution in [0.15, 0.2) is 30.3 Å². The summed E-state index contributed by atoms with van der Waals surface area (Å²) in [7, 11) is 0. The van der Waals surface area contributed by atoms with Gasteiger partial charge in [-0.15, -0.1) is 0 Å². The van der Waals surface area contributed by atoms with Crippen molar-refractivity contribution in [3.05, 3.63) is 35.9 Å². The molecule has 0 aliphatic heterocycles. The molecule has 1 aromatic carbocycles. The predicted molar refractivity (Wildman–Crippen MR) is 75.6 cm³/mol. The molecule has 1 aliphatic carbocycles. The molecule has 108 valence electrons. The summed E-state index contributed by atoms with van der Waals surface area (Å²) in [4.78, 5) is 24.2. The second kappa shape index (κ2) is 5.94. The van der Waals surface area contributed by atoms with Crippen LogP contribution in [0.3, 0.4) is 0 Å². The number of hydrogen-bond acceptors (Lipinski definition) is 2. The quantitative estimate of drug-likeness (QED) is 0.864. The van der Waals surface area contributed by atoms with Crippen molar-refractivity contribution in [2.75, 3.05) is 6.54 Å². The third-order valence-corrected chi connectivity index (χ3v) is 3.52. The smallest absolute Gasteiger partial charge is 0.323 e. The highest BCUT2D eigenvalue weighted by Crippen LogP contribution is 2.40. The van der Waals surface area contributed by atoms with Gasteiger partial charge in [0.15, 0.2) is 0 Å². The second-order valence-electron chi connectivity index (χ2n) is 5.42. The fraction of sp³-hybridized carbons (Fsp3) is 0.467. The van der Waals surface area contributed by atoms with Gasteiger partial charge in [-0.3, -0.25) is 4.79 Å². The number of carboxylic acids is 1. The molecule has 2 rings (SSSR count). The molecule has 0 heterocycles. The van der Waals surface area contributed by atoms with Crippen molar-refractivity contribution in [3.8, 4) is 0 Å². The first-order valence-electron chi connectivity index (χ1n) is 6.83. The van der Waals surface area contributed by atoms with Gasteiger partial charge in [-0.1, -0.05) is 30.3 Å². The number of urea groups is 1. The SMILES string of the molecule is CC(C)N(CC(=O)O)C(=O)NC1CC1c1ccccc1. The number of rotatable bonds is 5. The molecule has 5 heteroatoms. The Morgan fingerprint density at radius 3 is 2.55 bits per heavy atom. The Kier molecular flexibility index (Phi) is 4.27. The summed E-state index contributed by atoms with van der Waals surface area (Å²) >= 11 is 0. The zero-order valence-electron chi connectivity index (χ0n) is 11.7. The Morgan fingerprint density at radius 2 is 2.00 bits per heavy atom. The van der Waals surface area contributed by atoms with Crippen molar-refractivity contribution < 1.29 is 14.7 Å². The van der Waals surface area contributed by atoms with Gasteiger partial charge in [0.25, 0.3) is 0 Å². The normalized spacial score (nSPS) is 20.6. The Labute approximate surface area is 118 Å². The van der Waals surface area contributed by atoms with Crippen LogP contribution in [0.4, 0.5) is 4.79 Å². The maximum Gasteiger partial charge on any atom is 0.323 e. The molecule has 0 radical (unpaired) electrons. The Bertz CT molecular complexity index is 487. The largest absolute Gasteiger partial charge is 0.480 e. The molecule has 0 spiro atoms. The van der Waals surface area contributed by atoms with Crippen molar-refractivity contribution in [1.29, 1.82) is 0 Å². The van der Waals surface area contributed by atoms with E-state index in [0.29, 0.717) is 5.92 Å². The molecule has 2 unspecified atom stereocenters. The van der Waals surface area contributed by atoms with Gasteiger partial charge in [0.05, 0.1) is 0 Å². The van der Waals surface area contributed by atoms with Crippen molar-refractivity contribution in [3.63, 3.8) is 0 Å². The van der Waals surface area contributed by atoms with Gasteiger partial charge in [0.2, 0.25) is 0 Å². The summed E-state index contributed by atoms with van der Waals surface area (Å²) in [5.41, 5.74) is 1.21. The van der Waals surface area contributed by atoms with Gasteiger partial charge in [0.1, 0.15) is 6.54 Å². The van der Waals surface area contributed by atoms with Crippen LogP contribution in [0.25, 0.3) is 0 Å². The fourth-order valence-electron chi connectivity index (χ4n) is 2.30. The lowest BCUT2D eigenvalue weighted by Gasteiger charge is -2.25. The predicted octanol–water partition coefficient (Wildman–Crippen LogP) is 2.05. The third kappa shape index (κ3) is 3.50. The minimum absolute atomic E-state index is 0.111. The standard InChI is InChI=1S/C15H20N2O3/c1-10(2)17(9-14(18)19)15(20)16-13-8-12(13)11-6-4-3-5-7-11/h3-7,10,12-13H,8-9H2,1-2H3,(H,16,20)(H,18,19). The van der Waals surface area contributed by atoms with E-state index in [1.54, 1.807) is 0 Å². The van der Waals surface area contributed by atoms with Gasteiger partial charge in [-0.05, 0) is 25.8 Å². The summed E-state index contributed by atoms with van der Waals surface area (Å²) < 4.78 is 0. The highest BCUT2D eigenvalue weighted by molar-refractivity contribution is 5.80. The van der Waals surface area contributed by atoms with Gasteiger partial charge < -0.3 is 15.3 Å². The molecule has 1 fully saturated rings. The second-order valence-corrected chi connectivity index (χ2v) is 5.42. The van der Waals surface area contributed by atoms with Crippen LogP contribution in [-0.2, 0) is 4.79 Å². The Balaban J connectivity index is 1.91. The summed E-state index contributed by atoms with van der Waals surface area (Å²) in [5.74, 6) is -0.650. The van der Waals surface area contributed by atoms with E-state index in [4.69, 9.17) is 5.11 Å². The summed E-state index contributed by atoms with van der Waals surface area (Å²) in [6, 6.07) is 9.70. The number of benzene rings is 1. The van der Waals surface area contributed by atoms with Crippen LogP contribution in [0, 0.1) is 0 Å². The minimum Gasteiger partial charge on any atom is -0.480 e. The van der Waals surface area contributed by atoms with Crippen LogP contribution in [0.2, 0.25) is 0 Å². The van der Waals surface area contributed by atoms with Gasteiger partial charge in [0, 0.05) is 18.0 Å². The molecule has 2 atom stereocenters. The number of amides is 2. The third-order valence-electron chi connectivity index (χ3n) is 3.52. The summed E-state index contributed by atoms with van der Waals surface area (Å²) in [6.45, 7) is 3.35. The molecule has 0 saturated heterocycles. The molecule has 1 aliphatic rings. The van der Waals surface area contributed by atoms with Crippen LogP contribution < -0.4 is 5.32 Å². The average molecular weight is 276 g/mol. The van der Waals surface area contributed by atoms with Crippen LogP contribution >= 0.6 is 0 Å². The summed E-state index contributed by atoms with van der Waals surface area (Å²) in [5, 5.41) is 11.8. The number of aliphatic carboxylic acids is 1. The number of hydrogen-bond donors (Lipinski definition) is 2. The van der Waals surface area contributed by atoms with Gasteiger partial charge in [-0.25, -0.2) is 4.79 Å². The molecule has 20 heavy (non-hydrogen) atoms. The number of carbonyl (C=O) groups is 2. The van der Waals surface area contributed by atoms with E-state index >= 15 is 0 Å². The van der Waals surface area contributed by atoms with E-state index in [2.05, 4.69) is 5.32 Å². The maximum absolute atomic E-state index is 12.1. The van der Waals surface area contributed by atoms with Gasteiger partial charge in [-0.2, -0.15) is 0 Å². The van der Waals surface area contributed by atoms with E-state index in [-0.39, 0.29) is 24.7 Å². The number of carboxylic acid groups (broad SMARTS) is 1. The molecular weight excluding hydrogens is 256 g/mol. The number of carbonyl (C=O) groups excluding carboxylic acids is 1. The molecule has 0 aromatic heterocycles. The van der Waals surface area contributed by atoms with Crippen molar-refractivity contribution >= 4 is 12.0 Å². The molecular formula is C15H20N2O3. The van der Waals surface area contributed by atoms with E-state index in [0.717, 1.165) is 6.42 Å². The topological polar surface area (TPSA) is 69.6 Å². The van der Waals surface area contributed by atoms with Crippen LogP contribution in [-0.4, -0.2) is 40.6 Å². The van der Waals surface area contributed by atoms with Crippen molar-refractivity contribution in [1.82, 2.24) is 10.2 Å². The average Bonchev–Trinajstić information content (AvgIpc) is 3.15. The van der Waals surface area contributed by atoms with E-state index in [1.807, 2.05) is 44.2 Å². The van der Waals surface area contributed by atoms with Crippen molar-refractivity contribution in [2.45, 2.75) is 38.3 Å². The molecule has 2 amide bonds.